The van der Waals surface area contributed by atoms with E-state index in [1.54, 1.807) is 34.9 Å². The third kappa shape index (κ3) is 1.86. The number of thioether (sulfide) groups is 2. The van der Waals surface area contributed by atoms with Crippen LogP contribution in [0.5, 0.6) is 0 Å². The first-order valence-electron chi connectivity index (χ1n) is 3.99. The van der Waals surface area contributed by atoms with Gasteiger partial charge in [0.15, 0.2) is 3.95 Å². The van der Waals surface area contributed by atoms with Crippen LogP contribution >= 0.6 is 47.1 Å². The van der Waals surface area contributed by atoms with Crippen molar-refractivity contribution in [1.29, 1.82) is 0 Å². The Morgan fingerprint density at radius 3 is 2.50 bits per heavy atom. The maximum absolute atomic E-state index is 5.12. The molecule has 2 rings (SSSR count). The van der Waals surface area contributed by atoms with Gasteiger partial charge in [-0.2, -0.15) is 0 Å². The molecule has 0 spiro atoms. The van der Waals surface area contributed by atoms with Crippen molar-refractivity contribution >= 4 is 57.3 Å². The zero-order valence-corrected chi connectivity index (χ0v) is 11.1. The van der Waals surface area contributed by atoms with Crippen molar-refractivity contribution in [2.75, 3.05) is 12.5 Å². The molecule has 14 heavy (non-hydrogen) atoms. The van der Waals surface area contributed by atoms with Gasteiger partial charge < -0.3 is 4.98 Å². The number of hydrogen-bond acceptors (Lipinski definition) is 4. The highest BCUT2D eigenvalue weighted by molar-refractivity contribution is 8.01. The van der Waals surface area contributed by atoms with Crippen molar-refractivity contribution in [2.45, 2.75) is 9.79 Å². The van der Waals surface area contributed by atoms with Crippen molar-refractivity contribution in [1.82, 2.24) is 4.98 Å². The number of aromatic amines is 1. The van der Waals surface area contributed by atoms with Crippen LogP contribution in [-0.2, 0) is 0 Å². The van der Waals surface area contributed by atoms with E-state index in [-0.39, 0.29) is 0 Å². The number of rotatable bonds is 2. The molecule has 0 atom stereocenters. The third-order valence-corrected chi connectivity index (χ3v) is 4.81. The molecular weight excluding hydrogens is 250 g/mol. The van der Waals surface area contributed by atoms with Crippen LogP contribution in [0.15, 0.2) is 21.9 Å². The summed E-state index contributed by atoms with van der Waals surface area (Å²) in [5.41, 5.74) is 1.15. The molecule has 0 fully saturated rings. The van der Waals surface area contributed by atoms with Gasteiger partial charge in [-0.3, -0.25) is 0 Å². The Balaban J connectivity index is 2.74. The zero-order chi connectivity index (χ0) is 10.1. The fourth-order valence-corrected chi connectivity index (χ4v) is 3.98. The summed E-state index contributed by atoms with van der Waals surface area (Å²) in [6, 6.07) is 4.39. The Kier molecular flexibility index (Phi) is 3.21. The first-order valence-corrected chi connectivity index (χ1v) is 7.67. The number of thiazole rings is 1. The molecule has 1 nitrogen and oxygen atoms in total. The average molecular weight is 259 g/mol. The van der Waals surface area contributed by atoms with Gasteiger partial charge in [-0.15, -0.1) is 34.9 Å². The van der Waals surface area contributed by atoms with Crippen LogP contribution in [-0.4, -0.2) is 17.5 Å². The molecule has 0 bridgehead atoms. The summed E-state index contributed by atoms with van der Waals surface area (Å²) >= 11 is 10.3. The molecule has 0 amide bonds. The van der Waals surface area contributed by atoms with Crippen molar-refractivity contribution in [3.63, 3.8) is 0 Å². The van der Waals surface area contributed by atoms with E-state index < -0.39 is 0 Å². The van der Waals surface area contributed by atoms with E-state index in [9.17, 15) is 0 Å². The van der Waals surface area contributed by atoms with Gasteiger partial charge in [0, 0.05) is 9.79 Å². The summed E-state index contributed by atoms with van der Waals surface area (Å²) in [5, 5.41) is 0. The topological polar surface area (TPSA) is 15.8 Å². The molecule has 0 radical (unpaired) electrons. The van der Waals surface area contributed by atoms with Crippen molar-refractivity contribution in [3.05, 3.63) is 16.1 Å². The number of benzene rings is 1. The highest BCUT2D eigenvalue weighted by Gasteiger charge is 2.05. The first-order chi connectivity index (χ1) is 6.74. The van der Waals surface area contributed by atoms with Gasteiger partial charge in [0.2, 0.25) is 0 Å². The van der Waals surface area contributed by atoms with E-state index >= 15 is 0 Å². The molecule has 5 heteroatoms. The van der Waals surface area contributed by atoms with Crippen LogP contribution in [0, 0.1) is 3.95 Å². The normalized spacial score (nSPS) is 11.0. The quantitative estimate of drug-likeness (QED) is 0.636. The maximum atomic E-state index is 5.12. The smallest absolute Gasteiger partial charge is 0.159 e. The Bertz CT molecular complexity index is 467. The molecule has 2 aromatic rings. The van der Waals surface area contributed by atoms with Crippen LogP contribution in [0.3, 0.4) is 0 Å². The lowest BCUT2D eigenvalue weighted by atomic mass is 10.3. The number of fused-ring (bicyclic) bond motifs is 1. The lowest BCUT2D eigenvalue weighted by Crippen LogP contribution is -1.77. The minimum Gasteiger partial charge on any atom is -0.337 e. The monoisotopic (exact) mass is 259 g/mol. The molecule has 0 aliphatic carbocycles. The zero-order valence-electron chi connectivity index (χ0n) is 7.79. The SMILES string of the molecule is CSc1cc2[nH]c(=S)sc2cc1SC. The highest BCUT2D eigenvalue weighted by atomic mass is 32.2. The van der Waals surface area contributed by atoms with Crippen LogP contribution in [0.1, 0.15) is 0 Å². The molecule has 1 aromatic carbocycles. The van der Waals surface area contributed by atoms with Gasteiger partial charge in [0.25, 0.3) is 0 Å². The van der Waals surface area contributed by atoms with Gasteiger partial charge in [-0.05, 0) is 36.9 Å². The van der Waals surface area contributed by atoms with E-state index in [0.29, 0.717) is 0 Å². The Labute approximate surface area is 100 Å². The van der Waals surface area contributed by atoms with Gasteiger partial charge in [-0.1, -0.05) is 0 Å². The minimum atomic E-state index is 0.852. The Morgan fingerprint density at radius 2 is 1.86 bits per heavy atom. The second-order valence-corrected chi connectivity index (χ2v) is 6.13. The predicted octanol–water partition coefficient (Wildman–Crippen LogP) is 4.40. The fourth-order valence-electron chi connectivity index (χ4n) is 1.28. The summed E-state index contributed by atoms with van der Waals surface area (Å²) < 4.78 is 2.10. The molecule has 74 valence electrons. The van der Waals surface area contributed by atoms with Crippen LogP contribution < -0.4 is 0 Å². The number of aromatic nitrogens is 1. The van der Waals surface area contributed by atoms with Gasteiger partial charge in [0.1, 0.15) is 0 Å². The Hall–Kier alpha value is 0.0300. The molecule has 0 aliphatic heterocycles. The number of hydrogen-bond donors (Lipinski definition) is 1. The Morgan fingerprint density at radius 1 is 1.21 bits per heavy atom. The fraction of sp³-hybridized carbons (Fsp3) is 0.222. The lowest BCUT2D eigenvalue weighted by molar-refractivity contribution is 1.28. The lowest BCUT2D eigenvalue weighted by Gasteiger charge is -2.03. The summed E-state index contributed by atoms with van der Waals surface area (Å²) in [6.07, 6.45) is 4.20. The molecule has 0 saturated heterocycles. The second kappa shape index (κ2) is 4.26. The van der Waals surface area contributed by atoms with Crippen molar-refractivity contribution in [2.24, 2.45) is 0 Å². The van der Waals surface area contributed by atoms with E-state index in [2.05, 4.69) is 29.6 Å². The predicted molar refractivity (Wildman–Crippen MR) is 70.6 cm³/mol. The van der Waals surface area contributed by atoms with Gasteiger partial charge in [-0.25, -0.2) is 0 Å². The van der Waals surface area contributed by atoms with Crippen LogP contribution in [0.2, 0.25) is 0 Å². The van der Waals surface area contributed by atoms with Crippen molar-refractivity contribution < 1.29 is 0 Å². The second-order valence-electron chi connectivity index (χ2n) is 2.72. The maximum Gasteiger partial charge on any atom is 0.159 e. The molecule has 1 heterocycles. The minimum absolute atomic E-state index is 0.852. The van der Waals surface area contributed by atoms with E-state index in [1.807, 2.05) is 0 Å². The van der Waals surface area contributed by atoms with Crippen LogP contribution in [0.25, 0.3) is 10.2 Å². The van der Waals surface area contributed by atoms with Crippen LogP contribution in [0.4, 0.5) is 0 Å². The largest absolute Gasteiger partial charge is 0.337 e. The molecule has 1 N–H and O–H groups in total. The van der Waals surface area contributed by atoms with Gasteiger partial charge >= 0.3 is 0 Å². The van der Waals surface area contributed by atoms with E-state index in [1.165, 1.54) is 14.5 Å². The highest BCUT2D eigenvalue weighted by Crippen LogP contribution is 2.33. The molecule has 0 aliphatic rings. The molecule has 1 aromatic heterocycles. The first kappa shape index (κ1) is 10.5. The van der Waals surface area contributed by atoms with Crippen molar-refractivity contribution in [3.8, 4) is 0 Å². The molecule has 0 saturated carbocycles. The summed E-state index contributed by atoms with van der Waals surface area (Å²) in [5.74, 6) is 0. The third-order valence-electron chi connectivity index (χ3n) is 1.93. The summed E-state index contributed by atoms with van der Waals surface area (Å²) in [4.78, 5) is 5.84. The van der Waals surface area contributed by atoms with Gasteiger partial charge in [0.05, 0.1) is 10.2 Å². The number of H-pyrrole nitrogens is 1. The van der Waals surface area contributed by atoms with E-state index in [0.717, 1.165) is 9.47 Å². The number of nitrogens with one attached hydrogen (secondary N) is 1. The average Bonchev–Trinajstić information content (AvgIpc) is 2.54. The molecule has 0 unspecified atom stereocenters. The summed E-state index contributed by atoms with van der Waals surface area (Å²) in [6.45, 7) is 0. The van der Waals surface area contributed by atoms with E-state index in [4.69, 9.17) is 12.2 Å². The molecular formula is C9H9NS4. The summed E-state index contributed by atoms with van der Waals surface area (Å²) in [7, 11) is 0. The standard InChI is InChI=1S/C9H9NS4/c1-12-7-3-5-6(4-8(7)13-2)14-9(11)10-5/h3-4H,1-2H3,(H,10,11).